The number of hydrogen-bond acceptors (Lipinski definition) is 4. The molecule has 1 fully saturated rings. The zero-order valence-electron chi connectivity index (χ0n) is 12.8. The molecule has 0 amide bonds. The first-order chi connectivity index (χ1) is 10.1. The summed E-state index contributed by atoms with van der Waals surface area (Å²) in [6, 6.07) is 6.71. The first-order valence-electron chi connectivity index (χ1n) is 7.16. The SMILES string of the molecule is CC(=O)[C@H]1C(=O)C[C@@](C)(O)[C@@H](C(C)=O)[C@@H]1c1ccc(Cl)cc1. The molecule has 4 atom stereocenters. The average molecular weight is 323 g/mol. The number of halogens is 1. The predicted molar refractivity (Wildman–Crippen MR) is 82.8 cm³/mol. The predicted octanol–water partition coefficient (Wildman–Crippen LogP) is 2.56. The molecule has 0 heterocycles. The van der Waals surface area contributed by atoms with Crippen molar-refractivity contribution in [3.63, 3.8) is 0 Å². The molecule has 0 unspecified atom stereocenters. The van der Waals surface area contributed by atoms with Gasteiger partial charge in [0.1, 0.15) is 17.3 Å². The van der Waals surface area contributed by atoms with Gasteiger partial charge in [0.25, 0.3) is 0 Å². The van der Waals surface area contributed by atoms with E-state index < -0.39 is 23.4 Å². The molecular formula is C17H19ClO4. The van der Waals surface area contributed by atoms with E-state index in [4.69, 9.17) is 11.6 Å². The number of hydrogen-bond donors (Lipinski definition) is 1. The molecule has 1 aliphatic carbocycles. The Bertz CT molecular complexity index is 618. The zero-order chi connectivity index (χ0) is 16.7. The van der Waals surface area contributed by atoms with Crippen LogP contribution in [-0.4, -0.2) is 28.1 Å². The van der Waals surface area contributed by atoms with Gasteiger partial charge in [0.2, 0.25) is 0 Å². The van der Waals surface area contributed by atoms with Crippen LogP contribution in [0.4, 0.5) is 0 Å². The molecule has 1 aliphatic rings. The molecule has 1 aromatic rings. The van der Waals surface area contributed by atoms with Crippen LogP contribution in [0.5, 0.6) is 0 Å². The van der Waals surface area contributed by atoms with Crippen molar-refractivity contribution < 1.29 is 19.5 Å². The molecule has 118 valence electrons. The van der Waals surface area contributed by atoms with Gasteiger partial charge < -0.3 is 5.11 Å². The highest BCUT2D eigenvalue weighted by atomic mass is 35.5. The third-order valence-electron chi connectivity index (χ3n) is 4.40. The lowest BCUT2D eigenvalue weighted by atomic mass is 9.60. The van der Waals surface area contributed by atoms with Crippen LogP contribution < -0.4 is 0 Å². The van der Waals surface area contributed by atoms with Crippen LogP contribution in [0, 0.1) is 11.8 Å². The van der Waals surface area contributed by atoms with E-state index in [1.54, 1.807) is 24.3 Å². The van der Waals surface area contributed by atoms with Crippen LogP contribution in [0.25, 0.3) is 0 Å². The van der Waals surface area contributed by atoms with E-state index in [-0.39, 0.29) is 23.8 Å². The van der Waals surface area contributed by atoms with E-state index >= 15 is 0 Å². The number of rotatable bonds is 3. The summed E-state index contributed by atoms with van der Waals surface area (Å²) in [5, 5.41) is 11.1. The van der Waals surface area contributed by atoms with Gasteiger partial charge in [-0.3, -0.25) is 14.4 Å². The number of carbonyl (C=O) groups excluding carboxylic acids is 3. The van der Waals surface area contributed by atoms with Crippen molar-refractivity contribution in [2.75, 3.05) is 0 Å². The maximum atomic E-state index is 12.4. The van der Waals surface area contributed by atoms with Crippen molar-refractivity contribution in [2.24, 2.45) is 11.8 Å². The summed E-state index contributed by atoms with van der Waals surface area (Å²) in [6.07, 6.45) is -0.189. The second-order valence-electron chi connectivity index (χ2n) is 6.25. The molecule has 0 aliphatic heterocycles. The number of ketones is 3. The Hall–Kier alpha value is -1.52. The fraction of sp³-hybridized carbons (Fsp3) is 0.471. The normalized spacial score (nSPS) is 31.9. The van der Waals surface area contributed by atoms with Crippen molar-refractivity contribution in [3.8, 4) is 0 Å². The van der Waals surface area contributed by atoms with Crippen molar-refractivity contribution in [1.82, 2.24) is 0 Å². The Morgan fingerprint density at radius 1 is 1.18 bits per heavy atom. The zero-order valence-corrected chi connectivity index (χ0v) is 13.6. The van der Waals surface area contributed by atoms with Crippen LogP contribution in [0.2, 0.25) is 5.02 Å². The average Bonchev–Trinajstić information content (AvgIpc) is 2.36. The molecule has 0 bridgehead atoms. The van der Waals surface area contributed by atoms with Crippen LogP contribution >= 0.6 is 11.6 Å². The maximum absolute atomic E-state index is 12.4. The van der Waals surface area contributed by atoms with Gasteiger partial charge in [-0.2, -0.15) is 0 Å². The highest BCUT2D eigenvalue weighted by Gasteiger charge is 2.53. The summed E-state index contributed by atoms with van der Waals surface area (Å²) in [5.41, 5.74) is -0.794. The lowest BCUT2D eigenvalue weighted by Gasteiger charge is -2.44. The van der Waals surface area contributed by atoms with Gasteiger partial charge in [-0.1, -0.05) is 23.7 Å². The Morgan fingerprint density at radius 3 is 2.18 bits per heavy atom. The molecule has 1 aromatic carbocycles. The van der Waals surface area contributed by atoms with Gasteiger partial charge in [-0.05, 0) is 38.5 Å². The minimum Gasteiger partial charge on any atom is -0.389 e. The maximum Gasteiger partial charge on any atom is 0.146 e. The molecule has 2 rings (SSSR count). The minimum atomic E-state index is -1.46. The molecule has 1 saturated carbocycles. The van der Waals surface area contributed by atoms with Gasteiger partial charge in [0.05, 0.1) is 17.4 Å². The molecule has 22 heavy (non-hydrogen) atoms. The van der Waals surface area contributed by atoms with Gasteiger partial charge in [0, 0.05) is 17.4 Å². The number of carbonyl (C=O) groups is 3. The topological polar surface area (TPSA) is 71.4 Å². The van der Waals surface area contributed by atoms with E-state index in [1.165, 1.54) is 20.8 Å². The molecule has 4 nitrogen and oxygen atoms in total. The van der Waals surface area contributed by atoms with Crippen molar-refractivity contribution in [3.05, 3.63) is 34.9 Å². The first kappa shape index (κ1) is 16.8. The van der Waals surface area contributed by atoms with Crippen molar-refractivity contribution in [2.45, 2.75) is 38.7 Å². The molecule has 5 heteroatoms. The van der Waals surface area contributed by atoms with E-state index in [2.05, 4.69) is 0 Å². The Labute approximate surface area is 134 Å². The van der Waals surface area contributed by atoms with Gasteiger partial charge >= 0.3 is 0 Å². The van der Waals surface area contributed by atoms with Gasteiger partial charge in [-0.25, -0.2) is 0 Å². The fourth-order valence-corrected chi connectivity index (χ4v) is 3.72. The second kappa shape index (κ2) is 5.94. The fourth-order valence-electron chi connectivity index (χ4n) is 3.59. The minimum absolute atomic E-state index is 0.189. The highest BCUT2D eigenvalue weighted by molar-refractivity contribution is 6.30. The number of Topliss-reactive ketones (excluding diaryl/α,β-unsaturated/α-hetero) is 3. The Kier molecular flexibility index (Phi) is 4.54. The summed E-state index contributed by atoms with van der Waals surface area (Å²) in [6.45, 7) is 4.22. The molecule has 0 radical (unpaired) electrons. The largest absolute Gasteiger partial charge is 0.389 e. The van der Waals surface area contributed by atoms with E-state index in [9.17, 15) is 19.5 Å². The number of aliphatic hydroxyl groups is 1. The van der Waals surface area contributed by atoms with Crippen molar-refractivity contribution in [1.29, 1.82) is 0 Å². The first-order valence-corrected chi connectivity index (χ1v) is 7.54. The molecule has 0 aromatic heterocycles. The van der Waals surface area contributed by atoms with Crippen LogP contribution in [0.15, 0.2) is 24.3 Å². The van der Waals surface area contributed by atoms with Gasteiger partial charge in [-0.15, -0.1) is 0 Å². The van der Waals surface area contributed by atoms with Crippen LogP contribution in [0.3, 0.4) is 0 Å². The third-order valence-corrected chi connectivity index (χ3v) is 4.65. The smallest absolute Gasteiger partial charge is 0.146 e. The van der Waals surface area contributed by atoms with E-state index in [0.29, 0.717) is 10.6 Å². The summed E-state index contributed by atoms with van der Waals surface area (Å²) in [4.78, 5) is 36.5. The standard InChI is InChI=1S/C17H19ClO4/c1-9(19)14-13(21)8-17(3,22)16(10(2)20)15(14)11-4-6-12(18)7-5-11/h4-7,14-16,22H,8H2,1-3H3/t14-,15+,16-,17+/m0/s1. The quantitative estimate of drug-likeness (QED) is 0.868. The van der Waals surface area contributed by atoms with Crippen molar-refractivity contribution >= 4 is 29.0 Å². The summed E-state index contributed by atoms with van der Waals surface area (Å²) < 4.78 is 0. The van der Waals surface area contributed by atoms with Crippen LogP contribution in [-0.2, 0) is 14.4 Å². The van der Waals surface area contributed by atoms with E-state index in [0.717, 1.165) is 0 Å². The number of benzene rings is 1. The second-order valence-corrected chi connectivity index (χ2v) is 6.69. The van der Waals surface area contributed by atoms with Gasteiger partial charge in [0.15, 0.2) is 0 Å². The Morgan fingerprint density at radius 2 is 1.73 bits per heavy atom. The monoisotopic (exact) mass is 322 g/mol. The highest BCUT2D eigenvalue weighted by Crippen LogP contribution is 2.46. The molecule has 0 spiro atoms. The lowest BCUT2D eigenvalue weighted by Crippen LogP contribution is -2.53. The summed E-state index contributed by atoms with van der Waals surface area (Å²) in [5.74, 6) is -3.22. The lowest BCUT2D eigenvalue weighted by molar-refractivity contribution is -0.151. The van der Waals surface area contributed by atoms with Crippen LogP contribution in [0.1, 0.15) is 38.7 Å². The Balaban J connectivity index is 2.61. The molecule has 0 saturated heterocycles. The third kappa shape index (κ3) is 2.99. The van der Waals surface area contributed by atoms with E-state index in [1.807, 2.05) is 0 Å². The summed E-state index contributed by atoms with van der Waals surface area (Å²) >= 11 is 5.88. The molecular weight excluding hydrogens is 304 g/mol. The molecule has 1 N–H and O–H groups in total. The summed E-state index contributed by atoms with van der Waals surface area (Å²) in [7, 11) is 0.